The standard InChI is InChI=1S/C44H45NO14/c1-26-32-34(58-44(2,3)59-45-32)36(42(50-4)52-26)57-43-37(56-41(49)30-23-15-8-16-24-30)35(55-40(48)29-21-13-7-14-22-29)33(54-39(47)28-19-11-6-12-20-28)31(53-43)25-51-38(46)27-17-9-5-10-18-27/h5-24,26,31-37,42-43,45H,25H2,1-4H3/t26-,31-,32-,33-,34+,35+,36-,37-,42+,43+/m1/s1. The van der Waals surface area contributed by atoms with Crippen LogP contribution in [0.2, 0.25) is 0 Å². The fraction of sp³-hybridized carbons (Fsp3) is 0.364. The number of ether oxygens (including phenoxy) is 9. The first-order valence-corrected chi connectivity index (χ1v) is 19.1. The van der Waals surface area contributed by atoms with Crippen LogP contribution in [0.4, 0.5) is 0 Å². The van der Waals surface area contributed by atoms with Crippen molar-refractivity contribution in [1.82, 2.24) is 5.48 Å². The molecule has 7 rings (SSSR count). The number of hydrogen-bond donors (Lipinski definition) is 1. The van der Waals surface area contributed by atoms with E-state index in [0.29, 0.717) is 0 Å². The number of benzene rings is 4. The van der Waals surface area contributed by atoms with Gasteiger partial charge in [-0.2, -0.15) is 5.48 Å². The van der Waals surface area contributed by atoms with Gasteiger partial charge in [-0.05, 0) is 69.3 Å². The molecule has 0 aromatic heterocycles. The molecule has 3 fully saturated rings. The fourth-order valence-electron chi connectivity index (χ4n) is 6.99. The number of hydrogen-bond acceptors (Lipinski definition) is 15. The molecule has 0 saturated carbocycles. The molecule has 0 aliphatic carbocycles. The lowest BCUT2D eigenvalue weighted by Crippen LogP contribution is -2.71. The Balaban J connectivity index is 1.32. The van der Waals surface area contributed by atoms with Crippen LogP contribution in [0.5, 0.6) is 0 Å². The third-order valence-corrected chi connectivity index (χ3v) is 9.92. The molecule has 10 atom stereocenters. The van der Waals surface area contributed by atoms with Crippen LogP contribution in [0.15, 0.2) is 121 Å². The van der Waals surface area contributed by atoms with Crippen molar-refractivity contribution in [2.75, 3.05) is 13.7 Å². The van der Waals surface area contributed by atoms with Gasteiger partial charge in [-0.3, -0.25) is 4.84 Å². The highest BCUT2D eigenvalue weighted by Crippen LogP contribution is 2.37. The molecule has 0 amide bonds. The molecule has 59 heavy (non-hydrogen) atoms. The lowest BCUT2D eigenvalue weighted by molar-refractivity contribution is -0.405. The summed E-state index contributed by atoms with van der Waals surface area (Å²) in [6.45, 7) is 4.69. The van der Waals surface area contributed by atoms with Crippen molar-refractivity contribution < 1.29 is 66.6 Å². The van der Waals surface area contributed by atoms with Gasteiger partial charge in [-0.1, -0.05) is 72.8 Å². The van der Waals surface area contributed by atoms with Crippen molar-refractivity contribution in [3.8, 4) is 0 Å². The molecule has 0 unspecified atom stereocenters. The molecular weight excluding hydrogens is 766 g/mol. The topological polar surface area (TPSA) is 173 Å². The maximum absolute atomic E-state index is 14.0. The SMILES string of the molecule is CO[C@H]1O[C@H](C)[C@H]2NOC(C)(C)O[C@@H]2[C@H]1O[C@@H]1O[C@H](COC(=O)c2ccccc2)[C@@H](OC(=O)c2ccccc2)[C@H](OC(=O)c2ccccc2)[C@H]1OC(=O)c1ccccc1. The van der Waals surface area contributed by atoms with Gasteiger partial charge in [0.25, 0.3) is 0 Å². The van der Waals surface area contributed by atoms with E-state index in [1.54, 1.807) is 106 Å². The number of esters is 4. The first kappa shape index (κ1) is 41.6. The smallest absolute Gasteiger partial charge is 0.338 e. The summed E-state index contributed by atoms with van der Waals surface area (Å²) in [5, 5.41) is 0. The maximum Gasteiger partial charge on any atom is 0.338 e. The van der Waals surface area contributed by atoms with Crippen LogP contribution in [0.25, 0.3) is 0 Å². The highest BCUT2D eigenvalue weighted by Gasteiger charge is 2.58. The van der Waals surface area contributed by atoms with Crippen molar-refractivity contribution in [1.29, 1.82) is 0 Å². The second-order valence-electron chi connectivity index (χ2n) is 14.5. The Labute approximate surface area is 340 Å². The molecule has 310 valence electrons. The molecule has 0 radical (unpaired) electrons. The predicted octanol–water partition coefficient (Wildman–Crippen LogP) is 5.05. The van der Waals surface area contributed by atoms with Crippen LogP contribution >= 0.6 is 0 Å². The summed E-state index contributed by atoms with van der Waals surface area (Å²) in [5.41, 5.74) is 3.69. The Hall–Kier alpha value is -5.52. The highest BCUT2D eigenvalue weighted by atomic mass is 16.8. The van der Waals surface area contributed by atoms with Crippen molar-refractivity contribution in [2.45, 2.75) is 87.9 Å². The second kappa shape index (κ2) is 18.6. The summed E-state index contributed by atoms with van der Waals surface area (Å²) in [7, 11) is 1.43. The summed E-state index contributed by atoms with van der Waals surface area (Å²) in [5.74, 6) is -4.36. The van der Waals surface area contributed by atoms with E-state index < -0.39 is 97.6 Å². The van der Waals surface area contributed by atoms with Gasteiger partial charge in [0, 0.05) is 7.11 Å². The van der Waals surface area contributed by atoms with E-state index in [4.69, 9.17) is 47.5 Å². The number of methoxy groups -OCH3 is 1. The van der Waals surface area contributed by atoms with Crippen molar-refractivity contribution in [3.05, 3.63) is 144 Å². The van der Waals surface area contributed by atoms with Gasteiger partial charge in [0.15, 0.2) is 36.7 Å². The number of nitrogens with one attached hydrogen (secondary N) is 1. The fourth-order valence-corrected chi connectivity index (χ4v) is 6.99. The van der Waals surface area contributed by atoms with Crippen molar-refractivity contribution >= 4 is 23.9 Å². The minimum atomic E-state index is -1.64. The molecule has 3 aliphatic rings. The quantitative estimate of drug-likeness (QED) is 0.149. The minimum absolute atomic E-state index is 0.144. The summed E-state index contributed by atoms with van der Waals surface area (Å²) in [4.78, 5) is 60.9. The third-order valence-electron chi connectivity index (χ3n) is 9.92. The van der Waals surface area contributed by atoms with Gasteiger partial charge in [0.1, 0.15) is 24.9 Å². The number of rotatable bonds is 12. The van der Waals surface area contributed by atoms with Crippen LogP contribution in [-0.4, -0.2) is 105 Å². The normalized spacial score (nSPS) is 28.6. The molecule has 15 nitrogen and oxygen atoms in total. The van der Waals surface area contributed by atoms with Gasteiger partial charge >= 0.3 is 23.9 Å². The third kappa shape index (κ3) is 9.86. The minimum Gasteiger partial charge on any atom is -0.459 e. The predicted molar refractivity (Wildman–Crippen MR) is 205 cm³/mol. The van der Waals surface area contributed by atoms with Gasteiger partial charge in [0.05, 0.1) is 34.4 Å². The zero-order valence-electron chi connectivity index (χ0n) is 32.7. The van der Waals surface area contributed by atoms with Gasteiger partial charge in [-0.15, -0.1) is 0 Å². The highest BCUT2D eigenvalue weighted by molar-refractivity contribution is 5.91. The lowest BCUT2D eigenvalue weighted by Gasteiger charge is -2.52. The zero-order chi connectivity index (χ0) is 41.5. The van der Waals surface area contributed by atoms with E-state index in [2.05, 4.69) is 5.48 Å². The Morgan fingerprint density at radius 3 is 1.54 bits per heavy atom. The van der Waals surface area contributed by atoms with Gasteiger partial charge < -0.3 is 42.6 Å². The molecule has 0 bridgehead atoms. The van der Waals surface area contributed by atoms with Crippen LogP contribution in [0, 0.1) is 0 Å². The van der Waals surface area contributed by atoms with Crippen molar-refractivity contribution in [2.24, 2.45) is 0 Å². The molecule has 15 heteroatoms. The van der Waals surface area contributed by atoms with Gasteiger partial charge in [-0.25, -0.2) is 19.2 Å². The zero-order valence-corrected chi connectivity index (χ0v) is 32.7. The molecule has 3 aliphatic heterocycles. The van der Waals surface area contributed by atoms with Gasteiger partial charge in [0.2, 0.25) is 0 Å². The first-order valence-electron chi connectivity index (χ1n) is 19.1. The van der Waals surface area contributed by atoms with Crippen molar-refractivity contribution in [3.63, 3.8) is 0 Å². The Bertz CT molecular complexity index is 2040. The van der Waals surface area contributed by atoms with Crippen LogP contribution in [-0.2, 0) is 47.5 Å². The molecule has 4 aromatic rings. The summed E-state index contributed by atoms with van der Waals surface area (Å²) in [6.07, 6.45) is -11.3. The van der Waals surface area contributed by atoms with Crippen LogP contribution in [0.1, 0.15) is 62.2 Å². The van der Waals surface area contributed by atoms with E-state index >= 15 is 0 Å². The summed E-state index contributed by atoms with van der Waals surface area (Å²) < 4.78 is 55.9. The van der Waals surface area contributed by atoms with E-state index in [0.717, 1.165) is 0 Å². The summed E-state index contributed by atoms with van der Waals surface area (Å²) in [6, 6.07) is 31.9. The number of hydroxylamine groups is 1. The van der Waals surface area contributed by atoms with E-state index in [1.165, 1.54) is 43.5 Å². The first-order chi connectivity index (χ1) is 28.5. The Morgan fingerprint density at radius 2 is 1.05 bits per heavy atom. The van der Waals surface area contributed by atoms with E-state index in [-0.39, 0.29) is 22.3 Å². The maximum atomic E-state index is 14.0. The molecule has 3 saturated heterocycles. The van der Waals surface area contributed by atoms with E-state index in [1.807, 2.05) is 0 Å². The number of fused-ring (bicyclic) bond motifs is 1. The lowest BCUT2D eigenvalue weighted by atomic mass is 9.95. The number of carbonyl (C=O) groups excluding carboxylic acids is 4. The largest absolute Gasteiger partial charge is 0.459 e. The number of carbonyl (C=O) groups is 4. The van der Waals surface area contributed by atoms with Crippen LogP contribution < -0.4 is 5.48 Å². The average Bonchev–Trinajstić information content (AvgIpc) is 3.26. The van der Waals surface area contributed by atoms with Crippen LogP contribution in [0.3, 0.4) is 0 Å². The Morgan fingerprint density at radius 1 is 0.593 bits per heavy atom. The second-order valence-corrected chi connectivity index (χ2v) is 14.5. The monoisotopic (exact) mass is 811 g/mol. The molecule has 0 spiro atoms. The molecule has 3 heterocycles. The average molecular weight is 812 g/mol. The summed E-state index contributed by atoms with van der Waals surface area (Å²) >= 11 is 0. The molecule has 1 N–H and O–H groups in total. The molecular formula is C44H45NO14. The Kier molecular flexibility index (Phi) is 13.1. The molecule has 4 aromatic carbocycles. The van der Waals surface area contributed by atoms with E-state index in [9.17, 15) is 19.2 Å².